The molecule has 1 aliphatic rings. The number of nitro benzene ring substituents is 1. The standard InChI is InChI=1S/C17H19N3O2/c1-13-11-16(7-8-17(13)20(21)22)19-10-9-15(12-19)18-14-5-3-2-4-6-14/h2-8,11,15,18H,9-10,12H2,1H3. The monoisotopic (exact) mass is 297 g/mol. The van der Waals surface area contributed by atoms with Crippen LogP contribution in [-0.2, 0) is 0 Å². The number of hydrogen-bond acceptors (Lipinski definition) is 4. The molecule has 0 aliphatic carbocycles. The van der Waals surface area contributed by atoms with E-state index in [9.17, 15) is 10.1 Å². The van der Waals surface area contributed by atoms with Gasteiger partial charge in [0.25, 0.3) is 5.69 Å². The first-order chi connectivity index (χ1) is 10.6. The topological polar surface area (TPSA) is 58.4 Å². The van der Waals surface area contributed by atoms with E-state index in [0.29, 0.717) is 11.6 Å². The number of benzene rings is 2. The minimum atomic E-state index is -0.330. The van der Waals surface area contributed by atoms with E-state index >= 15 is 0 Å². The van der Waals surface area contributed by atoms with Gasteiger partial charge in [0.2, 0.25) is 0 Å². The Morgan fingerprint density at radius 2 is 2.00 bits per heavy atom. The average Bonchev–Trinajstić information content (AvgIpc) is 2.96. The molecule has 22 heavy (non-hydrogen) atoms. The highest BCUT2D eigenvalue weighted by Gasteiger charge is 2.23. The molecule has 0 aromatic heterocycles. The lowest BCUT2D eigenvalue weighted by Crippen LogP contribution is -2.26. The van der Waals surface area contributed by atoms with Crippen LogP contribution in [0.15, 0.2) is 48.5 Å². The molecule has 0 saturated carbocycles. The molecule has 0 spiro atoms. The van der Waals surface area contributed by atoms with Gasteiger partial charge >= 0.3 is 0 Å². The Kier molecular flexibility index (Phi) is 3.96. The normalized spacial score (nSPS) is 17.5. The third kappa shape index (κ3) is 3.03. The molecule has 1 aliphatic heterocycles. The number of rotatable bonds is 4. The van der Waals surface area contributed by atoms with Gasteiger partial charge in [0, 0.05) is 42.1 Å². The highest BCUT2D eigenvalue weighted by molar-refractivity contribution is 5.56. The SMILES string of the molecule is Cc1cc(N2CCC(Nc3ccccc3)C2)ccc1[N+](=O)[O-]. The van der Waals surface area contributed by atoms with Crippen molar-refractivity contribution in [3.05, 3.63) is 64.2 Å². The average molecular weight is 297 g/mol. The van der Waals surface area contributed by atoms with E-state index in [4.69, 9.17) is 0 Å². The van der Waals surface area contributed by atoms with Gasteiger partial charge in [-0.15, -0.1) is 0 Å². The minimum Gasteiger partial charge on any atom is -0.380 e. The summed E-state index contributed by atoms with van der Waals surface area (Å²) in [4.78, 5) is 12.8. The molecule has 5 nitrogen and oxygen atoms in total. The highest BCUT2D eigenvalue weighted by atomic mass is 16.6. The lowest BCUT2D eigenvalue weighted by Gasteiger charge is -2.20. The first kappa shape index (κ1) is 14.4. The summed E-state index contributed by atoms with van der Waals surface area (Å²) in [5.41, 5.74) is 3.08. The van der Waals surface area contributed by atoms with Crippen LogP contribution in [0.3, 0.4) is 0 Å². The van der Waals surface area contributed by atoms with Crippen LogP contribution < -0.4 is 10.2 Å². The minimum absolute atomic E-state index is 0.182. The third-order valence-corrected chi connectivity index (χ3v) is 4.08. The molecule has 114 valence electrons. The maximum Gasteiger partial charge on any atom is 0.272 e. The Morgan fingerprint density at radius 1 is 1.23 bits per heavy atom. The summed E-state index contributed by atoms with van der Waals surface area (Å²) in [6, 6.07) is 15.9. The molecule has 3 rings (SSSR count). The summed E-state index contributed by atoms with van der Waals surface area (Å²) in [5, 5.41) is 14.4. The van der Waals surface area contributed by atoms with E-state index in [1.807, 2.05) is 30.3 Å². The van der Waals surface area contributed by atoms with Crippen molar-refractivity contribution in [1.82, 2.24) is 0 Å². The van der Waals surface area contributed by atoms with Gasteiger partial charge < -0.3 is 10.2 Å². The Hall–Kier alpha value is -2.56. The van der Waals surface area contributed by atoms with Crippen LogP contribution in [0.25, 0.3) is 0 Å². The quantitative estimate of drug-likeness (QED) is 0.692. The second-order valence-corrected chi connectivity index (χ2v) is 5.67. The van der Waals surface area contributed by atoms with Gasteiger partial charge in [0.05, 0.1) is 4.92 Å². The lowest BCUT2D eigenvalue weighted by molar-refractivity contribution is -0.385. The highest BCUT2D eigenvalue weighted by Crippen LogP contribution is 2.27. The van der Waals surface area contributed by atoms with Gasteiger partial charge in [-0.1, -0.05) is 18.2 Å². The van der Waals surface area contributed by atoms with Gasteiger partial charge in [-0.25, -0.2) is 0 Å². The zero-order valence-electron chi connectivity index (χ0n) is 12.5. The van der Waals surface area contributed by atoms with E-state index in [0.717, 1.165) is 30.9 Å². The molecule has 1 N–H and O–H groups in total. The van der Waals surface area contributed by atoms with Crippen molar-refractivity contribution in [2.24, 2.45) is 0 Å². The molecule has 0 bridgehead atoms. The second-order valence-electron chi connectivity index (χ2n) is 5.67. The Labute approximate surface area is 129 Å². The smallest absolute Gasteiger partial charge is 0.272 e. The van der Waals surface area contributed by atoms with Crippen LogP contribution in [0.4, 0.5) is 17.1 Å². The number of nitrogens with one attached hydrogen (secondary N) is 1. The number of aryl methyl sites for hydroxylation is 1. The van der Waals surface area contributed by atoms with Gasteiger partial charge in [-0.2, -0.15) is 0 Å². The molecule has 2 aromatic rings. The number of nitrogens with zero attached hydrogens (tertiary/aromatic N) is 2. The van der Waals surface area contributed by atoms with Crippen LogP contribution in [0.2, 0.25) is 0 Å². The van der Waals surface area contributed by atoms with Crippen molar-refractivity contribution in [1.29, 1.82) is 0 Å². The summed E-state index contributed by atoms with van der Waals surface area (Å²) in [6.07, 6.45) is 1.06. The molecular weight excluding hydrogens is 278 g/mol. The van der Waals surface area contributed by atoms with Gasteiger partial charge in [-0.05, 0) is 37.6 Å². The summed E-state index contributed by atoms with van der Waals surface area (Å²) < 4.78 is 0. The summed E-state index contributed by atoms with van der Waals surface area (Å²) in [5.74, 6) is 0. The molecule has 1 atom stereocenters. The number of hydrogen-bond donors (Lipinski definition) is 1. The van der Waals surface area contributed by atoms with E-state index in [1.165, 1.54) is 0 Å². The molecule has 1 saturated heterocycles. The predicted octanol–water partition coefficient (Wildman–Crippen LogP) is 3.59. The number of para-hydroxylation sites is 1. The molecule has 5 heteroatoms. The maximum atomic E-state index is 10.9. The Bertz CT molecular complexity index is 673. The van der Waals surface area contributed by atoms with Crippen molar-refractivity contribution in [2.75, 3.05) is 23.3 Å². The molecule has 0 amide bonds. The van der Waals surface area contributed by atoms with E-state index in [-0.39, 0.29) is 10.6 Å². The van der Waals surface area contributed by atoms with Crippen molar-refractivity contribution < 1.29 is 4.92 Å². The zero-order valence-corrected chi connectivity index (χ0v) is 12.5. The van der Waals surface area contributed by atoms with Crippen LogP contribution >= 0.6 is 0 Å². The Balaban J connectivity index is 1.67. The molecule has 0 radical (unpaired) electrons. The fourth-order valence-electron chi connectivity index (χ4n) is 2.92. The van der Waals surface area contributed by atoms with Gasteiger partial charge in [0.15, 0.2) is 0 Å². The van der Waals surface area contributed by atoms with Crippen molar-refractivity contribution in [3.63, 3.8) is 0 Å². The predicted molar refractivity (Wildman–Crippen MR) is 88.5 cm³/mol. The molecule has 1 unspecified atom stereocenters. The number of nitro groups is 1. The lowest BCUT2D eigenvalue weighted by atomic mass is 10.1. The van der Waals surface area contributed by atoms with E-state index in [2.05, 4.69) is 22.3 Å². The second kappa shape index (κ2) is 6.05. The van der Waals surface area contributed by atoms with Gasteiger partial charge in [-0.3, -0.25) is 10.1 Å². The summed E-state index contributed by atoms with van der Waals surface area (Å²) in [6.45, 7) is 3.66. The summed E-state index contributed by atoms with van der Waals surface area (Å²) >= 11 is 0. The summed E-state index contributed by atoms with van der Waals surface area (Å²) in [7, 11) is 0. The molecule has 1 fully saturated rings. The van der Waals surface area contributed by atoms with Crippen LogP contribution in [0.5, 0.6) is 0 Å². The number of anilines is 2. The van der Waals surface area contributed by atoms with E-state index < -0.39 is 0 Å². The van der Waals surface area contributed by atoms with Crippen LogP contribution in [0, 0.1) is 17.0 Å². The fraction of sp³-hybridized carbons (Fsp3) is 0.294. The molecular formula is C17H19N3O2. The van der Waals surface area contributed by atoms with Crippen LogP contribution in [0.1, 0.15) is 12.0 Å². The molecule has 2 aromatic carbocycles. The maximum absolute atomic E-state index is 10.9. The largest absolute Gasteiger partial charge is 0.380 e. The first-order valence-corrected chi connectivity index (χ1v) is 7.45. The van der Waals surface area contributed by atoms with Crippen molar-refractivity contribution in [2.45, 2.75) is 19.4 Å². The van der Waals surface area contributed by atoms with Crippen molar-refractivity contribution >= 4 is 17.1 Å². The molecule has 1 heterocycles. The fourth-order valence-corrected chi connectivity index (χ4v) is 2.92. The first-order valence-electron chi connectivity index (χ1n) is 7.45. The third-order valence-electron chi connectivity index (χ3n) is 4.08. The van der Waals surface area contributed by atoms with E-state index in [1.54, 1.807) is 13.0 Å². The zero-order chi connectivity index (χ0) is 15.5. The van der Waals surface area contributed by atoms with Gasteiger partial charge in [0.1, 0.15) is 0 Å². The Morgan fingerprint density at radius 3 is 2.68 bits per heavy atom. The van der Waals surface area contributed by atoms with Crippen LogP contribution in [-0.4, -0.2) is 24.1 Å². The van der Waals surface area contributed by atoms with Crippen molar-refractivity contribution in [3.8, 4) is 0 Å².